The van der Waals surface area contributed by atoms with Gasteiger partial charge in [-0.3, -0.25) is 4.79 Å². The van der Waals surface area contributed by atoms with E-state index in [1.165, 1.54) is 0 Å². The van der Waals surface area contributed by atoms with Crippen LogP contribution in [0.2, 0.25) is 0 Å². The molecule has 0 saturated carbocycles. The molecule has 0 spiro atoms. The number of carbonyl (C=O) groups excluding carboxylic acids is 1. The minimum absolute atomic E-state index is 0.298. The van der Waals surface area contributed by atoms with Gasteiger partial charge in [0.05, 0.1) is 18.2 Å². The fraction of sp³-hybridized carbons (Fsp3) is 0.611. The third-order valence-corrected chi connectivity index (χ3v) is 4.61. The first-order valence-electron chi connectivity index (χ1n) is 8.63. The van der Waals surface area contributed by atoms with E-state index < -0.39 is 0 Å². The molecular formula is C18H27BrN2O3. The van der Waals surface area contributed by atoms with Crippen LogP contribution in [0.3, 0.4) is 0 Å². The standard InChI is InChI=1S/C18H27BrN2O3/c1-3-10-24-18-15(19)11-14(12-16(18)23-2)13-20-7-5-9-21-8-4-6-17(21)22/h11-12,20H,3-10,13H2,1-2H3. The van der Waals surface area contributed by atoms with Crippen molar-refractivity contribution in [2.45, 2.75) is 39.2 Å². The summed E-state index contributed by atoms with van der Waals surface area (Å²) in [7, 11) is 1.66. The molecular weight excluding hydrogens is 372 g/mol. The van der Waals surface area contributed by atoms with Crippen molar-refractivity contribution < 1.29 is 14.3 Å². The van der Waals surface area contributed by atoms with E-state index in [2.05, 4.69) is 34.2 Å². The number of nitrogens with zero attached hydrogens (tertiary/aromatic N) is 1. The minimum Gasteiger partial charge on any atom is -0.493 e. The minimum atomic E-state index is 0.298. The van der Waals surface area contributed by atoms with Crippen molar-refractivity contribution in [1.29, 1.82) is 0 Å². The van der Waals surface area contributed by atoms with E-state index in [0.29, 0.717) is 18.9 Å². The Labute approximate surface area is 152 Å². The molecule has 0 radical (unpaired) electrons. The molecule has 134 valence electrons. The van der Waals surface area contributed by atoms with Crippen molar-refractivity contribution in [3.8, 4) is 11.5 Å². The Kier molecular flexibility index (Phi) is 7.85. The van der Waals surface area contributed by atoms with Gasteiger partial charge in [-0.05, 0) is 59.4 Å². The maximum atomic E-state index is 11.5. The molecule has 1 aromatic carbocycles. The molecule has 1 fully saturated rings. The summed E-state index contributed by atoms with van der Waals surface area (Å²) in [5.41, 5.74) is 1.14. The summed E-state index contributed by atoms with van der Waals surface area (Å²) in [6.07, 6.45) is 3.65. The number of methoxy groups -OCH3 is 1. The molecule has 24 heavy (non-hydrogen) atoms. The summed E-state index contributed by atoms with van der Waals surface area (Å²) >= 11 is 3.57. The third kappa shape index (κ3) is 5.38. The predicted octanol–water partition coefficient (Wildman–Crippen LogP) is 3.35. The second kappa shape index (κ2) is 9.89. The molecule has 1 heterocycles. The lowest BCUT2D eigenvalue weighted by molar-refractivity contribution is -0.127. The molecule has 1 aliphatic heterocycles. The highest BCUT2D eigenvalue weighted by Gasteiger charge is 2.18. The van der Waals surface area contributed by atoms with E-state index >= 15 is 0 Å². The molecule has 0 unspecified atom stereocenters. The zero-order valence-electron chi connectivity index (χ0n) is 14.6. The quantitative estimate of drug-likeness (QED) is 0.613. The van der Waals surface area contributed by atoms with Gasteiger partial charge < -0.3 is 19.7 Å². The molecule has 0 aliphatic carbocycles. The van der Waals surface area contributed by atoms with Gasteiger partial charge in [0.25, 0.3) is 0 Å². The van der Waals surface area contributed by atoms with E-state index in [0.717, 1.165) is 67.0 Å². The number of amides is 1. The smallest absolute Gasteiger partial charge is 0.222 e. The van der Waals surface area contributed by atoms with Crippen LogP contribution in [0.1, 0.15) is 38.2 Å². The van der Waals surface area contributed by atoms with Gasteiger partial charge in [0, 0.05) is 26.1 Å². The fourth-order valence-corrected chi connectivity index (χ4v) is 3.39. The Hall–Kier alpha value is -1.27. The van der Waals surface area contributed by atoms with E-state index in [9.17, 15) is 4.79 Å². The lowest BCUT2D eigenvalue weighted by atomic mass is 10.2. The normalized spacial score (nSPS) is 14.3. The predicted molar refractivity (Wildman–Crippen MR) is 98.6 cm³/mol. The van der Waals surface area contributed by atoms with E-state index in [1.54, 1.807) is 7.11 Å². The lowest BCUT2D eigenvalue weighted by Crippen LogP contribution is -2.28. The summed E-state index contributed by atoms with van der Waals surface area (Å²) in [5, 5.41) is 3.43. The number of halogens is 1. The monoisotopic (exact) mass is 398 g/mol. The van der Waals surface area contributed by atoms with Gasteiger partial charge in [-0.2, -0.15) is 0 Å². The van der Waals surface area contributed by atoms with E-state index in [4.69, 9.17) is 9.47 Å². The first kappa shape index (κ1) is 19.1. The number of likely N-dealkylation sites (tertiary alicyclic amines) is 1. The van der Waals surface area contributed by atoms with Crippen molar-refractivity contribution >= 4 is 21.8 Å². The second-order valence-electron chi connectivity index (χ2n) is 5.97. The molecule has 5 nitrogen and oxygen atoms in total. The second-order valence-corrected chi connectivity index (χ2v) is 6.83. The maximum absolute atomic E-state index is 11.5. The molecule has 1 aromatic rings. The first-order chi connectivity index (χ1) is 11.7. The van der Waals surface area contributed by atoms with Gasteiger partial charge in [0.2, 0.25) is 5.91 Å². The highest BCUT2D eigenvalue weighted by Crippen LogP contribution is 2.36. The lowest BCUT2D eigenvalue weighted by Gasteiger charge is -2.16. The summed E-state index contributed by atoms with van der Waals surface area (Å²) in [6, 6.07) is 4.07. The maximum Gasteiger partial charge on any atom is 0.222 e. The number of hydrogen-bond donors (Lipinski definition) is 1. The van der Waals surface area contributed by atoms with Crippen molar-refractivity contribution in [1.82, 2.24) is 10.2 Å². The largest absolute Gasteiger partial charge is 0.493 e. The molecule has 0 bridgehead atoms. The highest BCUT2D eigenvalue weighted by molar-refractivity contribution is 9.10. The van der Waals surface area contributed by atoms with Gasteiger partial charge in [0.15, 0.2) is 11.5 Å². The molecule has 0 aromatic heterocycles. The van der Waals surface area contributed by atoms with Crippen LogP contribution < -0.4 is 14.8 Å². The van der Waals surface area contributed by atoms with Crippen LogP contribution >= 0.6 is 15.9 Å². The highest BCUT2D eigenvalue weighted by atomic mass is 79.9. The number of nitrogens with one attached hydrogen (secondary N) is 1. The van der Waals surface area contributed by atoms with Gasteiger partial charge in [-0.1, -0.05) is 6.92 Å². The zero-order valence-corrected chi connectivity index (χ0v) is 16.2. The number of ether oxygens (including phenoxy) is 2. The molecule has 1 aliphatic rings. The van der Waals surface area contributed by atoms with Crippen LogP contribution in [-0.2, 0) is 11.3 Å². The molecule has 1 N–H and O–H groups in total. The summed E-state index contributed by atoms with van der Waals surface area (Å²) in [6.45, 7) is 6.16. The SMILES string of the molecule is CCCOc1c(Br)cc(CNCCCN2CCCC2=O)cc1OC. The van der Waals surface area contributed by atoms with Crippen LogP contribution in [0, 0.1) is 0 Å². The summed E-state index contributed by atoms with van der Waals surface area (Å²) in [5.74, 6) is 1.80. The van der Waals surface area contributed by atoms with E-state index in [1.807, 2.05) is 11.0 Å². The van der Waals surface area contributed by atoms with Gasteiger partial charge in [-0.25, -0.2) is 0 Å². The average molecular weight is 399 g/mol. The van der Waals surface area contributed by atoms with Crippen molar-refractivity contribution in [3.63, 3.8) is 0 Å². The number of hydrogen-bond acceptors (Lipinski definition) is 4. The van der Waals surface area contributed by atoms with Crippen LogP contribution in [0.4, 0.5) is 0 Å². The first-order valence-corrected chi connectivity index (χ1v) is 9.42. The van der Waals surface area contributed by atoms with Crippen LogP contribution in [-0.4, -0.2) is 44.2 Å². The topological polar surface area (TPSA) is 50.8 Å². The van der Waals surface area contributed by atoms with Gasteiger partial charge >= 0.3 is 0 Å². The Balaban J connectivity index is 1.79. The molecule has 2 rings (SSSR count). The Bertz CT molecular complexity index is 551. The van der Waals surface area contributed by atoms with Gasteiger partial charge in [0.1, 0.15) is 0 Å². The Morgan fingerprint density at radius 1 is 1.38 bits per heavy atom. The van der Waals surface area contributed by atoms with Gasteiger partial charge in [-0.15, -0.1) is 0 Å². The number of carbonyl (C=O) groups is 1. The molecule has 6 heteroatoms. The Morgan fingerprint density at radius 3 is 2.88 bits per heavy atom. The van der Waals surface area contributed by atoms with Crippen molar-refractivity contribution in [2.24, 2.45) is 0 Å². The Morgan fingerprint density at radius 2 is 2.21 bits per heavy atom. The van der Waals surface area contributed by atoms with Crippen molar-refractivity contribution in [2.75, 3.05) is 33.4 Å². The van der Waals surface area contributed by atoms with Crippen LogP contribution in [0.25, 0.3) is 0 Å². The molecule has 1 saturated heterocycles. The number of rotatable bonds is 10. The van der Waals surface area contributed by atoms with Crippen LogP contribution in [0.15, 0.2) is 16.6 Å². The molecule has 0 atom stereocenters. The average Bonchev–Trinajstić information content (AvgIpc) is 2.98. The fourth-order valence-electron chi connectivity index (χ4n) is 2.79. The summed E-state index contributed by atoms with van der Waals surface area (Å²) in [4.78, 5) is 13.5. The number of benzene rings is 1. The van der Waals surface area contributed by atoms with Crippen molar-refractivity contribution in [3.05, 3.63) is 22.2 Å². The third-order valence-electron chi connectivity index (χ3n) is 4.02. The molecule has 1 amide bonds. The van der Waals surface area contributed by atoms with E-state index in [-0.39, 0.29) is 0 Å². The zero-order chi connectivity index (χ0) is 17.4. The summed E-state index contributed by atoms with van der Waals surface area (Å²) < 4.78 is 12.1. The van der Waals surface area contributed by atoms with Crippen LogP contribution in [0.5, 0.6) is 11.5 Å².